The Morgan fingerprint density at radius 2 is 1.70 bits per heavy atom. The van der Waals surface area contributed by atoms with E-state index in [1.54, 1.807) is 12.1 Å². The maximum atomic E-state index is 13.1. The van der Waals surface area contributed by atoms with Crippen LogP contribution in [0.2, 0.25) is 0 Å². The number of amides is 1. The SMILES string of the molecule is O=C(CN(CC1CC1)C1CC1)N1CCN(S(=O)(=O)c2ccc3c(c2)OCCO3)CC1. The molecule has 3 fully saturated rings. The Balaban J connectivity index is 1.19. The van der Waals surface area contributed by atoms with Gasteiger partial charge in [-0.15, -0.1) is 0 Å². The number of hydrogen-bond donors (Lipinski definition) is 0. The Bertz CT molecular complexity index is 905. The first-order chi connectivity index (χ1) is 14.5. The van der Waals surface area contributed by atoms with Crippen molar-refractivity contribution in [2.75, 3.05) is 52.5 Å². The summed E-state index contributed by atoms with van der Waals surface area (Å²) in [7, 11) is -3.63. The van der Waals surface area contributed by atoms with Crippen molar-refractivity contribution in [3.8, 4) is 11.5 Å². The highest BCUT2D eigenvalue weighted by atomic mass is 32.2. The van der Waals surface area contributed by atoms with Crippen LogP contribution in [0.4, 0.5) is 0 Å². The van der Waals surface area contributed by atoms with Gasteiger partial charge >= 0.3 is 0 Å². The molecular weight excluding hydrogens is 406 g/mol. The van der Waals surface area contributed by atoms with Crippen molar-refractivity contribution in [2.45, 2.75) is 36.6 Å². The van der Waals surface area contributed by atoms with Crippen LogP contribution in [-0.2, 0) is 14.8 Å². The zero-order chi connectivity index (χ0) is 20.7. The monoisotopic (exact) mass is 435 g/mol. The fourth-order valence-corrected chi connectivity index (χ4v) is 5.64. The van der Waals surface area contributed by atoms with Crippen molar-refractivity contribution in [3.05, 3.63) is 18.2 Å². The molecule has 2 aliphatic heterocycles. The maximum absolute atomic E-state index is 13.1. The lowest BCUT2D eigenvalue weighted by Crippen LogP contribution is -2.52. The van der Waals surface area contributed by atoms with Gasteiger partial charge in [-0.3, -0.25) is 9.69 Å². The number of benzene rings is 1. The number of ether oxygens (including phenoxy) is 2. The van der Waals surface area contributed by atoms with Gasteiger partial charge in [0.2, 0.25) is 15.9 Å². The van der Waals surface area contributed by atoms with E-state index in [0.29, 0.717) is 63.5 Å². The minimum absolute atomic E-state index is 0.124. The van der Waals surface area contributed by atoms with Crippen molar-refractivity contribution in [1.29, 1.82) is 0 Å². The molecule has 2 aliphatic carbocycles. The molecule has 0 radical (unpaired) electrons. The van der Waals surface area contributed by atoms with Gasteiger partial charge in [0.1, 0.15) is 13.2 Å². The Morgan fingerprint density at radius 3 is 2.37 bits per heavy atom. The van der Waals surface area contributed by atoms with E-state index >= 15 is 0 Å². The zero-order valence-electron chi connectivity index (χ0n) is 17.2. The van der Waals surface area contributed by atoms with Gasteiger partial charge in [0, 0.05) is 44.8 Å². The fraction of sp³-hybridized carbons (Fsp3) is 0.667. The van der Waals surface area contributed by atoms with Crippen LogP contribution < -0.4 is 9.47 Å². The number of carbonyl (C=O) groups is 1. The van der Waals surface area contributed by atoms with E-state index in [4.69, 9.17) is 9.47 Å². The third-order valence-corrected chi connectivity index (χ3v) is 8.23. The smallest absolute Gasteiger partial charge is 0.243 e. The first-order valence-corrected chi connectivity index (χ1v) is 12.4. The molecule has 0 unspecified atom stereocenters. The summed E-state index contributed by atoms with van der Waals surface area (Å²) in [5.41, 5.74) is 0. The van der Waals surface area contributed by atoms with Crippen molar-refractivity contribution < 1.29 is 22.7 Å². The third-order valence-electron chi connectivity index (χ3n) is 6.33. The fourth-order valence-electron chi connectivity index (χ4n) is 4.20. The minimum atomic E-state index is -3.63. The number of piperazine rings is 1. The highest BCUT2D eigenvalue weighted by Crippen LogP contribution is 2.35. The quantitative estimate of drug-likeness (QED) is 0.640. The van der Waals surface area contributed by atoms with Crippen LogP contribution in [0.25, 0.3) is 0 Å². The summed E-state index contributed by atoms with van der Waals surface area (Å²) in [6.07, 6.45) is 4.96. The van der Waals surface area contributed by atoms with E-state index in [0.717, 1.165) is 12.5 Å². The summed E-state index contributed by atoms with van der Waals surface area (Å²) in [4.78, 5) is 17.2. The lowest BCUT2D eigenvalue weighted by Gasteiger charge is -2.35. The van der Waals surface area contributed by atoms with Gasteiger partial charge in [0.05, 0.1) is 11.4 Å². The van der Waals surface area contributed by atoms with Crippen molar-refractivity contribution >= 4 is 15.9 Å². The third kappa shape index (κ3) is 4.29. The highest BCUT2D eigenvalue weighted by Gasteiger charge is 2.36. The maximum Gasteiger partial charge on any atom is 0.243 e. The largest absolute Gasteiger partial charge is 0.486 e. The van der Waals surface area contributed by atoms with Crippen molar-refractivity contribution in [1.82, 2.24) is 14.1 Å². The molecule has 5 rings (SSSR count). The van der Waals surface area contributed by atoms with E-state index < -0.39 is 10.0 Å². The van der Waals surface area contributed by atoms with Gasteiger partial charge in [0.15, 0.2) is 11.5 Å². The van der Waals surface area contributed by atoms with E-state index in [9.17, 15) is 13.2 Å². The highest BCUT2D eigenvalue weighted by molar-refractivity contribution is 7.89. The molecule has 0 bridgehead atoms. The average Bonchev–Trinajstić information content (AvgIpc) is 3.67. The molecule has 8 nitrogen and oxygen atoms in total. The van der Waals surface area contributed by atoms with Crippen LogP contribution in [-0.4, -0.2) is 87.0 Å². The molecule has 2 saturated carbocycles. The second kappa shape index (κ2) is 8.01. The summed E-state index contributed by atoms with van der Waals surface area (Å²) < 4.78 is 38.6. The molecule has 164 valence electrons. The predicted octanol–water partition coefficient (Wildman–Crippen LogP) is 1.17. The van der Waals surface area contributed by atoms with Crippen LogP contribution in [0.5, 0.6) is 11.5 Å². The molecule has 4 aliphatic rings. The van der Waals surface area contributed by atoms with Crippen LogP contribution in [0.15, 0.2) is 23.1 Å². The van der Waals surface area contributed by atoms with Crippen LogP contribution in [0.1, 0.15) is 25.7 Å². The van der Waals surface area contributed by atoms with Gasteiger partial charge < -0.3 is 14.4 Å². The Kier molecular flexibility index (Phi) is 5.37. The van der Waals surface area contributed by atoms with E-state index in [1.807, 2.05) is 4.90 Å². The summed E-state index contributed by atoms with van der Waals surface area (Å²) >= 11 is 0. The lowest BCUT2D eigenvalue weighted by atomic mass is 10.3. The molecule has 2 heterocycles. The topological polar surface area (TPSA) is 79.4 Å². The summed E-state index contributed by atoms with van der Waals surface area (Å²) in [6.45, 7) is 3.88. The molecule has 0 aromatic heterocycles. The number of rotatable bonds is 7. The Morgan fingerprint density at radius 1 is 1.00 bits per heavy atom. The first kappa shape index (κ1) is 20.1. The van der Waals surface area contributed by atoms with E-state index in [1.165, 1.54) is 36.1 Å². The zero-order valence-corrected chi connectivity index (χ0v) is 18.0. The van der Waals surface area contributed by atoms with Crippen LogP contribution >= 0.6 is 0 Å². The number of nitrogens with zero attached hydrogens (tertiary/aromatic N) is 3. The van der Waals surface area contributed by atoms with Gasteiger partial charge in [-0.2, -0.15) is 4.31 Å². The second-order valence-electron chi connectivity index (χ2n) is 8.69. The number of carbonyl (C=O) groups excluding carboxylic acids is 1. The number of sulfonamides is 1. The molecule has 0 N–H and O–H groups in total. The van der Waals surface area contributed by atoms with Crippen molar-refractivity contribution in [3.63, 3.8) is 0 Å². The molecule has 0 spiro atoms. The summed E-state index contributed by atoms with van der Waals surface area (Å²) in [6, 6.07) is 5.32. The first-order valence-electron chi connectivity index (χ1n) is 10.9. The predicted molar refractivity (Wildman–Crippen MR) is 110 cm³/mol. The molecule has 1 amide bonds. The van der Waals surface area contributed by atoms with Gasteiger partial charge in [0.25, 0.3) is 0 Å². The van der Waals surface area contributed by atoms with Crippen LogP contribution in [0, 0.1) is 5.92 Å². The summed E-state index contributed by atoms with van der Waals surface area (Å²) in [5.74, 6) is 1.93. The van der Waals surface area contributed by atoms with Crippen LogP contribution in [0.3, 0.4) is 0 Å². The Labute approximate surface area is 177 Å². The van der Waals surface area contributed by atoms with Crippen molar-refractivity contribution in [2.24, 2.45) is 5.92 Å². The molecule has 9 heteroatoms. The molecular formula is C21H29N3O5S. The van der Waals surface area contributed by atoms with E-state index in [2.05, 4.69) is 4.90 Å². The normalized spacial score (nSPS) is 22.4. The summed E-state index contributed by atoms with van der Waals surface area (Å²) in [5, 5.41) is 0. The van der Waals surface area contributed by atoms with E-state index in [-0.39, 0.29) is 10.8 Å². The minimum Gasteiger partial charge on any atom is -0.486 e. The number of hydrogen-bond acceptors (Lipinski definition) is 6. The van der Waals surface area contributed by atoms with Gasteiger partial charge in [-0.25, -0.2) is 8.42 Å². The molecule has 1 saturated heterocycles. The molecule has 1 aromatic carbocycles. The second-order valence-corrected chi connectivity index (χ2v) is 10.6. The lowest BCUT2D eigenvalue weighted by molar-refractivity contribution is -0.133. The molecule has 1 aromatic rings. The average molecular weight is 436 g/mol. The van der Waals surface area contributed by atoms with Gasteiger partial charge in [-0.05, 0) is 43.7 Å². The Hall–Kier alpha value is -1.84. The van der Waals surface area contributed by atoms with Gasteiger partial charge in [-0.1, -0.05) is 0 Å². The molecule has 0 atom stereocenters. The standard InChI is InChI=1S/C21H29N3O5S/c25-21(15-23(17-3-4-17)14-16-1-2-16)22-7-9-24(10-8-22)30(26,27)18-5-6-19-20(13-18)29-12-11-28-19/h5-6,13,16-17H,1-4,7-12,14-15H2. The number of fused-ring (bicyclic) bond motifs is 1. The molecule has 30 heavy (non-hydrogen) atoms.